The smallest absolute Gasteiger partial charge is 0.0465 e. The molecule has 0 bridgehead atoms. The maximum Gasteiger partial charge on any atom is 0.0465 e. The zero-order chi connectivity index (χ0) is 55.4. The van der Waals surface area contributed by atoms with Crippen LogP contribution in [0.1, 0.15) is 61.4 Å². The molecule has 11 aromatic rings. The molecule has 392 valence electrons. The minimum Gasteiger partial charge on any atom is -0.310 e. The molecule has 0 spiro atoms. The van der Waals surface area contributed by atoms with Crippen LogP contribution in [0.4, 0.5) is 34.1 Å². The van der Waals surface area contributed by atoms with Crippen LogP contribution >= 0.6 is 0 Å². The monoisotopic (exact) mass is 1050 g/mol. The van der Waals surface area contributed by atoms with Crippen molar-refractivity contribution in [3.05, 3.63) is 325 Å². The Kier molecular flexibility index (Phi) is 12.6. The molecular weight excluding hydrogens is 989 g/mol. The van der Waals surface area contributed by atoms with Crippen molar-refractivity contribution >= 4 is 34.1 Å². The highest BCUT2D eigenvalue weighted by atomic mass is 15.1. The third-order valence-corrected chi connectivity index (χ3v) is 17.6. The standard InChI is InChI=1S/C80H62N2/c1-79(2)75-51-55(27-47-71(75)73-49-45-69(53-77(73)79)81(65-37-29-61(30-38-65)57-17-9-5-10-18-57)66-39-31-62(32-40-66)58-19-11-6-12-20-58)25-26-56-28-48-72-74-50-46-70(54-78(74)80(3,4)76(72)52-56)82(67-41-33-63(34-42-67)59-21-13-7-14-22-59)68-43-35-64(36-44-68)60-23-15-8-16-24-60/h5-24,27-54,71,75H,1-4H3. The van der Waals surface area contributed by atoms with Crippen LogP contribution in [-0.2, 0) is 10.8 Å². The Morgan fingerprint density at radius 1 is 0.329 bits per heavy atom. The van der Waals surface area contributed by atoms with E-state index in [1.54, 1.807) is 0 Å². The van der Waals surface area contributed by atoms with Crippen LogP contribution in [0, 0.1) is 17.8 Å². The van der Waals surface area contributed by atoms with Gasteiger partial charge < -0.3 is 9.80 Å². The number of benzene rings is 11. The molecule has 0 aromatic heterocycles. The number of rotatable bonds is 10. The van der Waals surface area contributed by atoms with Gasteiger partial charge in [0.15, 0.2) is 0 Å². The van der Waals surface area contributed by atoms with E-state index in [2.05, 4.69) is 341 Å². The molecule has 2 nitrogen and oxygen atoms in total. The Morgan fingerprint density at radius 2 is 0.683 bits per heavy atom. The summed E-state index contributed by atoms with van der Waals surface area (Å²) in [6.07, 6.45) is 7.11. The van der Waals surface area contributed by atoms with Gasteiger partial charge >= 0.3 is 0 Å². The number of nitrogens with zero attached hydrogens (tertiary/aromatic N) is 2. The normalized spacial score (nSPS) is 15.7. The fourth-order valence-electron chi connectivity index (χ4n) is 13.1. The molecule has 0 aliphatic heterocycles. The lowest BCUT2D eigenvalue weighted by Crippen LogP contribution is -2.25. The largest absolute Gasteiger partial charge is 0.310 e. The van der Waals surface area contributed by atoms with Crippen LogP contribution in [0.5, 0.6) is 0 Å². The van der Waals surface area contributed by atoms with Crippen LogP contribution in [0.25, 0.3) is 55.6 Å². The highest BCUT2D eigenvalue weighted by Crippen LogP contribution is 2.55. The molecule has 11 aromatic carbocycles. The van der Waals surface area contributed by atoms with Crippen LogP contribution < -0.4 is 9.80 Å². The predicted octanol–water partition coefficient (Wildman–Crippen LogP) is 21.1. The summed E-state index contributed by atoms with van der Waals surface area (Å²) in [4.78, 5) is 4.80. The van der Waals surface area contributed by atoms with Gasteiger partial charge in [0.2, 0.25) is 0 Å². The van der Waals surface area contributed by atoms with Gasteiger partial charge in [-0.15, -0.1) is 0 Å². The Morgan fingerprint density at radius 3 is 1.11 bits per heavy atom. The van der Waals surface area contributed by atoms with Crippen molar-refractivity contribution in [2.75, 3.05) is 9.80 Å². The highest BCUT2D eigenvalue weighted by molar-refractivity contribution is 5.87. The lowest BCUT2D eigenvalue weighted by atomic mass is 9.73. The zero-order valence-corrected chi connectivity index (χ0v) is 46.8. The average Bonchev–Trinajstić information content (AvgIpc) is 3.65. The van der Waals surface area contributed by atoms with Gasteiger partial charge in [-0.2, -0.15) is 0 Å². The molecule has 0 radical (unpaired) electrons. The summed E-state index contributed by atoms with van der Waals surface area (Å²) in [5, 5.41) is 0. The Labute approximate surface area is 483 Å². The van der Waals surface area contributed by atoms with E-state index < -0.39 is 0 Å². The number of anilines is 6. The van der Waals surface area contributed by atoms with Crippen LogP contribution in [-0.4, -0.2) is 0 Å². The van der Waals surface area contributed by atoms with E-state index in [9.17, 15) is 0 Å². The molecule has 0 amide bonds. The maximum atomic E-state index is 3.66. The Bertz CT molecular complexity index is 4110. The summed E-state index contributed by atoms with van der Waals surface area (Å²) in [6.45, 7) is 9.57. The van der Waals surface area contributed by atoms with Crippen molar-refractivity contribution in [1.29, 1.82) is 0 Å². The van der Waals surface area contributed by atoms with E-state index in [1.807, 2.05) is 0 Å². The molecule has 14 rings (SSSR count). The summed E-state index contributed by atoms with van der Waals surface area (Å²) in [5.41, 5.74) is 26.0. The van der Waals surface area contributed by atoms with E-state index >= 15 is 0 Å². The fraction of sp³-hybridized carbons (Fsp3) is 0.100. The molecule has 0 heterocycles. The van der Waals surface area contributed by atoms with Gasteiger partial charge in [-0.1, -0.05) is 246 Å². The van der Waals surface area contributed by atoms with E-state index in [0.717, 1.165) is 45.3 Å². The summed E-state index contributed by atoms with van der Waals surface area (Å²) in [5.74, 6) is 7.84. The minimum atomic E-state index is -0.249. The number of allylic oxidation sites excluding steroid dienone is 4. The molecule has 82 heavy (non-hydrogen) atoms. The molecule has 0 N–H and O–H groups in total. The molecule has 0 saturated carbocycles. The average molecular weight is 1050 g/mol. The molecule has 0 fully saturated rings. The van der Waals surface area contributed by atoms with E-state index in [-0.39, 0.29) is 22.7 Å². The topological polar surface area (TPSA) is 6.48 Å². The van der Waals surface area contributed by atoms with Crippen molar-refractivity contribution < 1.29 is 0 Å². The molecule has 2 heteroatoms. The van der Waals surface area contributed by atoms with Crippen LogP contribution in [0.2, 0.25) is 0 Å². The molecule has 3 aliphatic carbocycles. The number of fused-ring (bicyclic) bond motifs is 6. The molecule has 0 saturated heterocycles. The predicted molar refractivity (Wildman–Crippen MR) is 345 cm³/mol. The maximum absolute atomic E-state index is 3.66. The molecular formula is C80H62N2. The second-order valence-electron chi connectivity index (χ2n) is 23.2. The zero-order valence-electron chi connectivity index (χ0n) is 46.8. The number of hydrogen-bond acceptors (Lipinski definition) is 2. The second-order valence-corrected chi connectivity index (χ2v) is 23.2. The lowest BCUT2D eigenvalue weighted by Gasteiger charge is -2.31. The first kappa shape index (κ1) is 50.3. The molecule has 2 atom stereocenters. The SMILES string of the molecule is CC1(C)c2cc(C#CC3=CC4C(C=C3)c3ccc(N(c5ccc(-c6ccccc6)cc5)c5ccc(-c6ccccc6)cc5)cc3C4(C)C)ccc2-c2ccc(N(c3ccc(-c4ccccc4)cc3)c3ccc(-c4ccccc4)cc3)cc21. The number of hydrogen-bond donors (Lipinski definition) is 0. The van der Waals surface area contributed by atoms with Gasteiger partial charge in [-0.25, -0.2) is 0 Å². The first-order chi connectivity index (χ1) is 40.1. The third kappa shape index (κ3) is 9.15. The van der Waals surface area contributed by atoms with Crippen molar-refractivity contribution in [1.82, 2.24) is 0 Å². The minimum absolute atomic E-state index is 0.136. The van der Waals surface area contributed by atoms with Gasteiger partial charge in [-0.05, 0) is 174 Å². The molecule has 3 aliphatic rings. The quantitative estimate of drug-likeness (QED) is 0.126. The van der Waals surface area contributed by atoms with E-state index in [0.29, 0.717) is 0 Å². The van der Waals surface area contributed by atoms with Gasteiger partial charge in [0.05, 0.1) is 0 Å². The lowest BCUT2D eigenvalue weighted by molar-refractivity contribution is 0.393. The summed E-state index contributed by atoms with van der Waals surface area (Å²) >= 11 is 0. The van der Waals surface area contributed by atoms with E-state index in [1.165, 1.54) is 77.9 Å². The summed E-state index contributed by atoms with van der Waals surface area (Å²) in [6, 6.07) is 99.5. The first-order valence-electron chi connectivity index (χ1n) is 28.7. The molecule has 2 unspecified atom stereocenters. The van der Waals surface area contributed by atoms with Gasteiger partial charge in [0.1, 0.15) is 0 Å². The van der Waals surface area contributed by atoms with Crippen molar-refractivity contribution in [2.24, 2.45) is 5.92 Å². The first-order valence-corrected chi connectivity index (χ1v) is 28.7. The Hall–Kier alpha value is -9.94. The summed E-state index contributed by atoms with van der Waals surface area (Å²) in [7, 11) is 0. The third-order valence-electron chi connectivity index (χ3n) is 17.6. The van der Waals surface area contributed by atoms with Crippen molar-refractivity contribution in [3.8, 4) is 67.5 Å². The Balaban J connectivity index is 0.744. The van der Waals surface area contributed by atoms with E-state index in [4.69, 9.17) is 0 Å². The van der Waals surface area contributed by atoms with Crippen LogP contribution in [0.3, 0.4) is 0 Å². The van der Waals surface area contributed by atoms with Crippen LogP contribution in [0.15, 0.2) is 297 Å². The second kappa shape index (κ2) is 20.6. The fourth-order valence-corrected chi connectivity index (χ4v) is 13.1. The van der Waals surface area contributed by atoms with Gasteiger partial charge in [0, 0.05) is 56.6 Å². The van der Waals surface area contributed by atoms with Gasteiger partial charge in [-0.3, -0.25) is 0 Å². The van der Waals surface area contributed by atoms with Gasteiger partial charge in [0.25, 0.3) is 0 Å². The highest BCUT2D eigenvalue weighted by Gasteiger charge is 2.45. The van der Waals surface area contributed by atoms with Crippen molar-refractivity contribution in [3.63, 3.8) is 0 Å². The summed E-state index contributed by atoms with van der Waals surface area (Å²) < 4.78 is 0. The van der Waals surface area contributed by atoms with Crippen molar-refractivity contribution in [2.45, 2.75) is 44.4 Å².